The lowest BCUT2D eigenvalue weighted by atomic mass is 10.2. The summed E-state index contributed by atoms with van der Waals surface area (Å²) in [6, 6.07) is 3.86. The van der Waals surface area contributed by atoms with Gasteiger partial charge in [0.15, 0.2) is 5.82 Å². The summed E-state index contributed by atoms with van der Waals surface area (Å²) in [7, 11) is 0. The zero-order valence-corrected chi connectivity index (χ0v) is 8.47. The van der Waals surface area contributed by atoms with E-state index in [1.54, 1.807) is 12.3 Å². The molecule has 0 unspecified atom stereocenters. The number of rotatable bonds is 1. The molecule has 0 saturated heterocycles. The first-order valence-corrected chi connectivity index (χ1v) is 4.47. The fourth-order valence-electron chi connectivity index (χ4n) is 1.22. The van der Waals surface area contributed by atoms with Crippen LogP contribution in [0.3, 0.4) is 0 Å². The molecule has 2 aromatic heterocycles. The van der Waals surface area contributed by atoms with E-state index in [0.29, 0.717) is 11.4 Å². The van der Waals surface area contributed by atoms with Crippen molar-refractivity contribution in [1.82, 2.24) is 20.0 Å². The van der Waals surface area contributed by atoms with Crippen molar-refractivity contribution >= 4 is 0 Å². The molecule has 0 fully saturated rings. The van der Waals surface area contributed by atoms with Crippen LogP contribution in [-0.2, 0) is 0 Å². The first-order chi connectivity index (χ1) is 7.20. The highest BCUT2D eigenvalue weighted by atomic mass is 15.5. The Morgan fingerprint density at radius 1 is 1.33 bits per heavy atom. The molecule has 5 nitrogen and oxygen atoms in total. The van der Waals surface area contributed by atoms with Gasteiger partial charge < -0.3 is 0 Å². The molecule has 0 bridgehead atoms. The van der Waals surface area contributed by atoms with Gasteiger partial charge in [0, 0.05) is 6.20 Å². The minimum Gasteiger partial charge on any atom is -0.234 e. The Kier molecular flexibility index (Phi) is 2.18. The van der Waals surface area contributed by atoms with E-state index in [9.17, 15) is 0 Å². The van der Waals surface area contributed by atoms with Crippen LogP contribution in [0.25, 0.3) is 5.82 Å². The van der Waals surface area contributed by atoms with Crippen molar-refractivity contribution in [2.45, 2.75) is 13.8 Å². The van der Waals surface area contributed by atoms with Crippen molar-refractivity contribution in [3.05, 3.63) is 35.3 Å². The van der Waals surface area contributed by atoms with Gasteiger partial charge in [-0.15, -0.1) is 4.80 Å². The van der Waals surface area contributed by atoms with Gasteiger partial charge in [-0.3, -0.25) is 0 Å². The van der Waals surface area contributed by atoms with Gasteiger partial charge in [-0.1, -0.05) is 0 Å². The lowest BCUT2D eigenvalue weighted by molar-refractivity contribution is 0.722. The molecule has 0 amide bonds. The molecule has 15 heavy (non-hydrogen) atoms. The van der Waals surface area contributed by atoms with Crippen molar-refractivity contribution in [3.63, 3.8) is 0 Å². The van der Waals surface area contributed by atoms with Gasteiger partial charge in [-0.05, 0) is 25.5 Å². The van der Waals surface area contributed by atoms with E-state index in [4.69, 9.17) is 5.26 Å². The maximum Gasteiger partial charge on any atom is 0.174 e. The molecule has 0 saturated carbocycles. The van der Waals surface area contributed by atoms with Gasteiger partial charge in [0.1, 0.15) is 6.07 Å². The van der Waals surface area contributed by atoms with E-state index < -0.39 is 0 Å². The van der Waals surface area contributed by atoms with Gasteiger partial charge in [0.05, 0.1) is 17.5 Å². The van der Waals surface area contributed by atoms with Crippen molar-refractivity contribution in [2.75, 3.05) is 0 Å². The second-order valence-corrected chi connectivity index (χ2v) is 3.24. The van der Waals surface area contributed by atoms with E-state index >= 15 is 0 Å². The zero-order valence-electron chi connectivity index (χ0n) is 8.47. The summed E-state index contributed by atoms with van der Waals surface area (Å²) in [6.45, 7) is 3.72. The molecule has 0 radical (unpaired) electrons. The maximum atomic E-state index is 8.76. The molecular weight excluding hydrogens is 190 g/mol. The predicted molar refractivity (Wildman–Crippen MR) is 53.3 cm³/mol. The average molecular weight is 199 g/mol. The van der Waals surface area contributed by atoms with E-state index in [0.717, 1.165) is 11.3 Å². The van der Waals surface area contributed by atoms with Gasteiger partial charge >= 0.3 is 0 Å². The number of hydrogen-bond donors (Lipinski definition) is 0. The third-order valence-corrected chi connectivity index (χ3v) is 2.03. The van der Waals surface area contributed by atoms with Crippen LogP contribution in [0.15, 0.2) is 18.5 Å². The molecule has 0 aliphatic rings. The second-order valence-electron chi connectivity index (χ2n) is 3.24. The molecule has 0 aromatic carbocycles. The van der Waals surface area contributed by atoms with Gasteiger partial charge in [0.2, 0.25) is 0 Å². The Hall–Kier alpha value is -2.22. The highest BCUT2D eigenvalue weighted by molar-refractivity contribution is 5.38. The molecule has 2 rings (SSSR count). The van der Waals surface area contributed by atoms with E-state index in [1.165, 1.54) is 11.0 Å². The molecule has 2 aromatic rings. The lowest BCUT2D eigenvalue weighted by Crippen LogP contribution is -2.02. The van der Waals surface area contributed by atoms with Crippen LogP contribution in [0, 0.1) is 25.2 Å². The van der Waals surface area contributed by atoms with Crippen molar-refractivity contribution in [3.8, 4) is 11.9 Å². The fourth-order valence-corrected chi connectivity index (χ4v) is 1.22. The summed E-state index contributed by atoms with van der Waals surface area (Å²) in [5.74, 6) is 0.625. The average Bonchev–Trinajstić information content (AvgIpc) is 2.65. The largest absolute Gasteiger partial charge is 0.234 e. The Morgan fingerprint density at radius 2 is 2.13 bits per heavy atom. The quantitative estimate of drug-likeness (QED) is 0.691. The number of pyridine rings is 1. The normalized spacial score (nSPS) is 9.93. The maximum absolute atomic E-state index is 8.76. The molecule has 0 N–H and O–H groups in total. The first kappa shape index (κ1) is 9.34. The zero-order chi connectivity index (χ0) is 10.8. The monoisotopic (exact) mass is 199 g/mol. The van der Waals surface area contributed by atoms with E-state index in [2.05, 4.69) is 21.3 Å². The standard InChI is InChI=1S/C10H9N5/c1-7-3-10(12-6-9(7)4-11)15-13-5-8(2)14-15/h3,5-6H,1-2H3. The summed E-state index contributed by atoms with van der Waals surface area (Å²) in [5, 5.41) is 16.9. The number of nitrogens with zero attached hydrogens (tertiary/aromatic N) is 5. The summed E-state index contributed by atoms with van der Waals surface area (Å²) in [6.07, 6.45) is 3.19. The molecule has 0 aliphatic heterocycles. The van der Waals surface area contributed by atoms with Gasteiger partial charge in [-0.2, -0.15) is 15.5 Å². The minimum absolute atomic E-state index is 0.572. The van der Waals surface area contributed by atoms with Crippen LogP contribution in [0.2, 0.25) is 0 Å². The molecule has 2 heterocycles. The highest BCUT2D eigenvalue weighted by Gasteiger charge is 2.04. The molecule has 74 valence electrons. The summed E-state index contributed by atoms with van der Waals surface area (Å²) >= 11 is 0. The second kappa shape index (κ2) is 3.50. The van der Waals surface area contributed by atoms with Crippen LogP contribution >= 0.6 is 0 Å². The van der Waals surface area contributed by atoms with Crippen LogP contribution in [0.5, 0.6) is 0 Å². The topological polar surface area (TPSA) is 67.4 Å². The van der Waals surface area contributed by atoms with Crippen molar-refractivity contribution in [2.24, 2.45) is 0 Å². The third kappa shape index (κ3) is 1.70. The lowest BCUT2D eigenvalue weighted by Gasteiger charge is -2.00. The number of aryl methyl sites for hydroxylation is 2. The summed E-state index contributed by atoms with van der Waals surface area (Å²) in [4.78, 5) is 5.56. The van der Waals surface area contributed by atoms with Crippen LogP contribution in [-0.4, -0.2) is 20.0 Å². The van der Waals surface area contributed by atoms with Crippen molar-refractivity contribution < 1.29 is 0 Å². The number of hydrogen-bond acceptors (Lipinski definition) is 4. The predicted octanol–water partition coefficient (Wildman–Crippen LogP) is 1.15. The molecule has 0 spiro atoms. The summed E-state index contributed by atoms with van der Waals surface area (Å²) in [5.41, 5.74) is 2.28. The van der Waals surface area contributed by atoms with E-state index in [1.807, 2.05) is 13.8 Å². The van der Waals surface area contributed by atoms with Crippen molar-refractivity contribution in [1.29, 1.82) is 5.26 Å². The smallest absolute Gasteiger partial charge is 0.174 e. The molecule has 0 atom stereocenters. The van der Waals surface area contributed by atoms with Gasteiger partial charge in [0.25, 0.3) is 0 Å². The SMILES string of the molecule is Cc1cnn(-c2cc(C)c(C#N)cn2)n1. The third-order valence-electron chi connectivity index (χ3n) is 2.03. The summed E-state index contributed by atoms with van der Waals surface area (Å²) < 4.78 is 0. The van der Waals surface area contributed by atoms with Crippen LogP contribution in [0.1, 0.15) is 16.8 Å². The molecule has 0 aliphatic carbocycles. The molecular formula is C10H9N5. The Balaban J connectivity index is 2.48. The van der Waals surface area contributed by atoms with Crippen LogP contribution < -0.4 is 0 Å². The molecule has 5 heteroatoms. The van der Waals surface area contributed by atoms with Crippen LogP contribution in [0.4, 0.5) is 0 Å². The van der Waals surface area contributed by atoms with Gasteiger partial charge in [-0.25, -0.2) is 4.98 Å². The fraction of sp³-hybridized carbons (Fsp3) is 0.200. The highest BCUT2D eigenvalue weighted by Crippen LogP contribution is 2.09. The number of aromatic nitrogens is 4. The minimum atomic E-state index is 0.572. The first-order valence-electron chi connectivity index (χ1n) is 4.47. The number of nitriles is 1. The van der Waals surface area contributed by atoms with E-state index in [-0.39, 0.29) is 0 Å². The Labute approximate surface area is 87.0 Å². The Bertz CT molecular complexity index is 535. The Morgan fingerprint density at radius 3 is 2.67 bits per heavy atom.